The summed E-state index contributed by atoms with van der Waals surface area (Å²) < 4.78 is 17.3. The van der Waals surface area contributed by atoms with Crippen molar-refractivity contribution < 1.29 is 9.32 Å². The summed E-state index contributed by atoms with van der Waals surface area (Å²) in [5.74, 6) is 0. The molecule has 0 aromatic carbocycles. The highest BCUT2D eigenvalue weighted by molar-refractivity contribution is 7.92. The van der Waals surface area contributed by atoms with E-state index in [0.717, 1.165) is 0 Å². The van der Waals surface area contributed by atoms with Crippen LogP contribution in [0.3, 0.4) is 0 Å². The van der Waals surface area contributed by atoms with E-state index in [1.165, 1.54) is 6.20 Å². The third kappa shape index (κ3) is 4.35. The Hall–Kier alpha value is -0.763. The van der Waals surface area contributed by atoms with Gasteiger partial charge in [0.15, 0.2) is 8.24 Å². The molecule has 1 unspecified atom stereocenters. The highest BCUT2D eigenvalue weighted by Crippen LogP contribution is 2.37. The molecular formula is C14H27N3O2SSi. The Morgan fingerprint density at radius 1 is 1.29 bits per heavy atom. The van der Waals surface area contributed by atoms with E-state index in [2.05, 4.69) is 29.8 Å². The molecule has 0 saturated carbocycles. The minimum absolute atomic E-state index is 0.0527. The van der Waals surface area contributed by atoms with Crippen LogP contribution in [0.2, 0.25) is 18.1 Å². The molecule has 0 saturated heterocycles. The molecular weight excluding hydrogens is 302 g/mol. The summed E-state index contributed by atoms with van der Waals surface area (Å²) in [6.45, 7) is 13.7. The van der Waals surface area contributed by atoms with E-state index in [9.17, 15) is 9.32 Å². The Morgan fingerprint density at radius 2 is 1.81 bits per heavy atom. The van der Waals surface area contributed by atoms with Crippen LogP contribution in [-0.4, -0.2) is 22.5 Å². The largest absolute Gasteiger partial charge is 0.386 e. The van der Waals surface area contributed by atoms with Gasteiger partial charge >= 0.3 is 0 Å². The van der Waals surface area contributed by atoms with Crippen molar-refractivity contribution in [3.8, 4) is 0 Å². The summed E-state index contributed by atoms with van der Waals surface area (Å²) in [5, 5.41) is 16.2. The second kappa shape index (κ2) is 5.46. The molecule has 1 rings (SSSR count). The third-order valence-corrected chi connectivity index (χ3v) is 11.3. The van der Waals surface area contributed by atoms with E-state index in [1.54, 1.807) is 26.0 Å². The van der Waals surface area contributed by atoms with Crippen LogP contribution in [0.25, 0.3) is 0 Å². The summed E-state index contributed by atoms with van der Waals surface area (Å²) in [4.78, 5) is 4.11. The fraction of sp³-hybridized carbons (Fsp3) is 0.643. The van der Waals surface area contributed by atoms with Gasteiger partial charge in [-0.1, -0.05) is 20.8 Å². The molecule has 0 fully saturated rings. The number of pyridine rings is 1. The fourth-order valence-corrected chi connectivity index (χ4v) is 6.16. The molecule has 3 N–H and O–H groups in total. The predicted octanol–water partition coefficient (Wildman–Crippen LogP) is 3.01. The van der Waals surface area contributed by atoms with Gasteiger partial charge in [-0.3, -0.25) is 4.03 Å². The zero-order chi connectivity index (χ0) is 16.7. The minimum atomic E-state index is -3.07. The van der Waals surface area contributed by atoms with Gasteiger partial charge in [0.05, 0.1) is 5.60 Å². The molecule has 0 aliphatic rings. The van der Waals surface area contributed by atoms with Gasteiger partial charge in [-0.05, 0) is 49.7 Å². The van der Waals surface area contributed by atoms with Crippen molar-refractivity contribution in [1.29, 1.82) is 0 Å². The molecule has 120 valence electrons. The Balaban J connectivity index is 3.42. The van der Waals surface area contributed by atoms with Gasteiger partial charge in [0, 0.05) is 6.20 Å². The van der Waals surface area contributed by atoms with Crippen LogP contribution >= 0.6 is 0 Å². The van der Waals surface area contributed by atoms with Crippen LogP contribution in [0.4, 0.5) is 0 Å². The molecule has 5 nitrogen and oxygen atoms in total. The maximum Gasteiger partial charge on any atom is 0.195 e. The average Bonchev–Trinajstić information content (AvgIpc) is 2.25. The molecule has 21 heavy (non-hydrogen) atoms. The van der Waals surface area contributed by atoms with Crippen molar-refractivity contribution >= 4 is 18.2 Å². The van der Waals surface area contributed by atoms with E-state index in [0.29, 0.717) is 5.56 Å². The quantitative estimate of drug-likeness (QED) is 0.835. The van der Waals surface area contributed by atoms with Gasteiger partial charge in [-0.15, -0.1) is 0 Å². The number of nitrogens with zero attached hydrogens (tertiary/aromatic N) is 2. The Morgan fingerprint density at radius 3 is 2.24 bits per heavy atom. The average molecular weight is 330 g/mol. The monoisotopic (exact) mass is 329 g/mol. The molecule has 1 heterocycles. The lowest BCUT2D eigenvalue weighted by molar-refractivity contribution is 0.0782. The molecule has 0 spiro atoms. The zero-order valence-electron chi connectivity index (χ0n) is 14.0. The van der Waals surface area contributed by atoms with Crippen LogP contribution in [0, 0.1) is 0 Å². The first-order valence-electron chi connectivity index (χ1n) is 6.92. The smallest absolute Gasteiger partial charge is 0.195 e. The highest BCUT2D eigenvalue weighted by atomic mass is 32.2. The lowest BCUT2D eigenvalue weighted by Crippen LogP contribution is -2.37. The van der Waals surface area contributed by atoms with Crippen molar-refractivity contribution in [3.05, 3.63) is 23.9 Å². The first kappa shape index (κ1) is 18.3. The number of hydrogen-bond donors (Lipinski definition) is 2. The van der Waals surface area contributed by atoms with Crippen molar-refractivity contribution in [1.82, 2.24) is 4.98 Å². The molecule has 0 amide bonds. The summed E-state index contributed by atoms with van der Waals surface area (Å²) >= 11 is 0. The SMILES string of the molecule is CC(C)(O)c1ccnc(S(N)(=O)=N[Si](C)(C)C(C)(C)C)c1. The maximum absolute atomic E-state index is 12.8. The van der Waals surface area contributed by atoms with Gasteiger partial charge in [-0.2, -0.15) is 0 Å². The van der Waals surface area contributed by atoms with Crippen molar-refractivity contribution in [2.75, 3.05) is 0 Å². The van der Waals surface area contributed by atoms with E-state index in [1.807, 2.05) is 13.1 Å². The second-order valence-electron chi connectivity index (χ2n) is 7.41. The van der Waals surface area contributed by atoms with Crippen LogP contribution in [0.1, 0.15) is 40.2 Å². The van der Waals surface area contributed by atoms with E-state index < -0.39 is 23.8 Å². The number of rotatable bonds is 3. The Labute approximate surface area is 129 Å². The number of aromatic nitrogens is 1. The topological polar surface area (TPSA) is 88.6 Å². The second-order valence-corrected chi connectivity index (χ2v) is 14.3. The molecule has 1 aromatic rings. The molecule has 1 aromatic heterocycles. The fourth-order valence-electron chi connectivity index (χ4n) is 1.47. The van der Waals surface area contributed by atoms with E-state index in [4.69, 9.17) is 5.14 Å². The minimum Gasteiger partial charge on any atom is -0.386 e. The molecule has 0 bridgehead atoms. The number of nitrogens with two attached hydrogens (primary N) is 1. The van der Waals surface area contributed by atoms with Crippen LogP contribution in [-0.2, 0) is 15.5 Å². The van der Waals surface area contributed by atoms with Gasteiger partial charge in [0.1, 0.15) is 14.9 Å². The summed E-state index contributed by atoms with van der Waals surface area (Å²) in [6, 6.07) is 3.27. The third-order valence-electron chi connectivity index (χ3n) is 3.94. The van der Waals surface area contributed by atoms with Gasteiger partial charge < -0.3 is 5.11 Å². The van der Waals surface area contributed by atoms with E-state index in [-0.39, 0.29) is 10.1 Å². The van der Waals surface area contributed by atoms with E-state index >= 15 is 0 Å². The maximum atomic E-state index is 12.8. The van der Waals surface area contributed by atoms with Crippen LogP contribution in [0.15, 0.2) is 27.4 Å². The lowest BCUT2D eigenvalue weighted by atomic mass is 10.0. The van der Waals surface area contributed by atoms with Gasteiger partial charge in [-0.25, -0.2) is 14.3 Å². The van der Waals surface area contributed by atoms with Crippen LogP contribution in [0.5, 0.6) is 0 Å². The molecule has 1 atom stereocenters. The molecule has 0 aliphatic heterocycles. The standard InChI is InChI=1S/C14H27N3O2SSi/c1-13(2,3)21(6,7)17-20(15,19)12-10-11(8-9-16-12)14(4,5)18/h8-10,18H,1-7H3,(H2,15,17,19). The Kier molecular flexibility index (Phi) is 4.75. The summed E-state index contributed by atoms with van der Waals surface area (Å²) in [7, 11) is -5.23. The van der Waals surface area contributed by atoms with Gasteiger partial charge in [0.25, 0.3) is 0 Å². The zero-order valence-corrected chi connectivity index (χ0v) is 15.8. The summed E-state index contributed by atoms with van der Waals surface area (Å²) in [5.41, 5.74) is -0.416. The number of hydrogen-bond acceptors (Lipinski definition) is 4. The van der Waals surface area contributed by atoms with Gasteiger partial charge in [0.2, 0.25) is 0 Å². The van der Waals surface area contributed by atoms with Crippen molar-refractivity contribution in [2.45, 2.75) is 63.4 Å². The first-order chi connectivity index (χ1) is 9.17. The van der Waals surface area contributed by atoms with Crippen molar-refractivity contribution in [2.24, 2.45) is 9.17 Å². The highest BCUT2D eigenvalue weighted by Gasteiger charge is 2.37. The Bertz CT molecular complexity index is 636. The predicted molar refractivity (Wildman–Crippen MR) is 89.7 cm³/mol. The molecule has 0 aliphatic carbocycles. The lowest BCUT2D eigenvalue weighted by Gasteiger charge is -2.32. The first-order valence-corrected chi connectivity index (χ1v) is 11.4. The molecule has 0 radical (unpaired) electrons. The normalized spacial score (nSPS) is 16.4. The molecule has 7 heteroatoms. The number of aliphatic hydroxyl groups is 1. The van der Waals surface area contributed by atoms with Crippen molar-refractivity contribution in [3.63, 3.8) is 0 Å². The van der Waals surface area contributed by atoms with Crippen LogP contribution < -0.4 is 5.14 Å². The summed E-state index contributed by atoms with van der Waals surface area (Å²) in [6.07, 6.45) is 1.51.